The number of carbonyl (C=O) groups is 1. The number of sulfonamides is 1. The van der Waals surface area contributed by atoms with Crippen LogP contribution in [0.4, 0.5) is 11.4 Å². The summed E-state index contributed by atoms with van der Waals surface area (Å²) in [7, 11) is -3.22. The minimum absolute atomic E-state index is 0.0974. The summed E-state index contributed by atoms with van der Waals surface area (Å²) in [6, 6.07) is 15.6. The minimum Gasteiger partial charge on any atom is -0.376 e. The van der Waals surface area contributed by atoms with Gasteiger partial charge in [0.25, 0.3) is 0 Å². The molecule has 0 unspecified atom stereocenters. The number of amides is 1. The molecule has 2 aromatic carbocycles. The molecule has 0 bridgehead atoms. The van der Waals surface area contributed by atoms with Crippen molar-refractivity contribution in [3.8, 4) is 5.69 Å². The average molecular weight is 468 g/mol. The maximum Gasteiger partial charge on any atom is 0.243 e. The van der Waals surface area contributed by atoms with Gasteiger partial charge in [0.1, 0.15) is 0 Å². The Bertz CT molecular complexity index is 1270. The molecule has 2 N–H and O–H groups in total. The van der Waals surface area contributed by atoms with Gasteiger partial charge >= 0.3 is 0 Å². The molecule has 0 saturated heterocycles. The number of hydrogen-bond donors (Lipinski definition) is 2. The van der Waals surface area contributed by atoms with Gasteiger partial charge in [-0.3, -0.25) is 4.79 Å². The summed E-state index contributed by atoms with van der Waals surface area (Å²) in [6.07, 6.45) is 0.613. The topological polar surface area (TPSA) is 96.3 Å². The summed E-state index contributed by atoms with van der Waals surface area (Å²) in [6.45, 7) is 6.38. The van der Waals surface area contributed by atoms with Crippen molar-refractivity contribution in [2.24, 2.45) is 0 Å². The number of nitrogens with one attached hydrogen (secondary N) is 2. The highest BCUT2D eigenvalue weighted by molar-refractivity contribution is 7.89. The second-order valence-corrected chi connectivity index (χ2v) is 10.4. The maximum atomic E-state index is 12.7. The molecule has 1 aliphatic rings. The highest BCUT2D eigenvalue weighted by atomic mass is 32.2. The molecule has 1 amide bonds. The Kier molecular flexibility index (Phi) is 6.53. The summed E-state index contributed by atoms with van der Waals surface area (Å²) in [4.78, 5) is 12.7. The molecule has 0 spiro atoms. The van der Waals surface area contributed by atoms with E-state index in [0.29, 0.717) is 25.2 Å². The molecule has 4 rings (SSSR count). The number of hydrogen-bond acceptors (Lipinski definition) is 5. The van der Waals surface area contributed by atoms with Crippen molar-refractivity contribution >= 4 is 27.3 Å². The van der Waals surface area contributed by atoms with Crippen LogP contribution in [0.3, 0.4) is 0 Å². The maximum absolute atomic E-state index is 12.7. The number of carbonyl (C=O) groups excluding carboxylic acids is 1. The summed E-state index contributed by atoms with van der Waals surface area (Å²) in [5.41, 5.74) is 6.16. The molecule has 0 saturated carbocycles. The lowest BCUT2D eigenvalue weighted by Gasteiger charge is -2.29. The van der Waals surface area contributed by atoms with E-state index in [1.165, 1.54) is 4.31 Å². The first-order chi connectivity index (χ1) is 15.8. The number of aryl methyl sites for hydroxylation is 1. The van der Waals surface area contributed by atoms with Crippen LogP contribution in [0.15, 0.2) is 48.5 Å². The van der Waals surface area contributed by atoms with Crippen LogP contribution in [0.25, 0.3) is 5.69 Å². The Labute approximate surface area is 194 Å². The number of fused-ring (bicyclic) bond motifs is 1. The summed E-state index contributed by atoms with van der Waals surface area (Å²) < 4.78 is 27.8. The molecule has 8 nitrogen and oxygen atoms in total. The first-order valence-corrected chi connectivity index (χ1v) is 12.6. The molecule has 0 fully saturated rings. The lowest BCUT2D eigenvalue weighted by molar-refractivity contribution is -0.114. The summed E-state index contributed by atoms with van der Waals surface area (Å²) in [5, 5.41) is 10.8. The van der Waals surface area contributed by atoms with Crippen LogP contribution in [0, 0.1) is 13.8 Å². The van der Waals surface area contributed by atoms with Gasteiger partial charge in [0.2, 0.25) is 15.9 Å². The highest BCUT2D eigenvalue weighted by Crippen LogP contribution is 2.28. The fourth-order valence-corrected chi connectivity index (χ4v) is 5.24. The average Bonchev–Trinajstić information content (AvgIpc) is 3.11. The van der Waals surface area contributed by atoms with Crippen LogP contribution in [-0.4, -0.2) is 47.3 Å². The Morgan fingerprint density at radius 2 is 1.85 bits per heavy atom. The zero-order chi connectivity index (χ0) is 23.6. The molecule has 9 heteroatoms. The van der Waals surface area contributed by atoms with Gasteiger partial charge in [0, 0.05) is 18.8 Å². The zero-order valence-electron chi connectivity index (χ0n) is 19.1. The third kappa shape index (κ3) is 4.79. The van der Waals surface area contributed by atoms with Gasteiger partial charge in [-0.05, 0) is 56.5 Å². The lowest BCUT2D eigenvalue weighted by atomic mass is 9.99. The Morgan fingerprint density at radius 1 is 1.09 bits per heavy atom. The molecular weight excluding hydrogens is 438 g/mol. The van der Waals surface area contributed by atoms with Crippen LogP contribution in [-0.2, 0) is 27.8 Å². The fourth-order valence-electron chi connectivity index (χ4n) is 4.17. The van der Waals surface area contributed by atoms with Crippen molar-refractivity contribution in [3.63, 3.8) is 0 Å². The number of aromatic nitrogens is 2. The van der Waals surface area contributed by atoms with Crippen molar-refractivity contribution in [3.05, 3.63) is 71.0 Å². The van der Waals surface area contributed by atoms with E-state index in [0.717, 1.165) is 33.9 Å². The molecule has 0 aliphatic carbocycles. The van der Waals surface area contributed by atoms with Gasteiger partial charge in [-0.25, -0.2) is 13.1 Å². The van der Waals surface area contributed by atoms with Gasteiger partial charge in [0.15, 0.2) is 0 Å². The number of benzene rings is 2. The molecule has 3 aromatic rings. The standard InChI is InChI=1S/C24H29N5O3S/c1-4-33(31,32)28-14-13-21-19(16-28)9-8-12-22(21)25-15-23(30)26-24-17(2)27-29(18(24)3)20-10-6-5-7-11-20/h5-12,25H,4,13-16H2,1-3H3,(H,26,30). The molecule has 0 radical (unpaired) electrons. The second kappa shape index (κ2) is 9.36. The first-order valence-electron chi connectivity index (χ1n) is 11.0. The van der Waals surface area contributed by atoms with E-state index in [-0.39, 0.29) is 18.2 Å². The van der Waals surface area contributed by atoms with Crippen LogP contribution in [0.1, 0.15) is 29.4 Å². The van der Waals surface area contributed by atoms with E-state index in [9.17, 15) is 13.2 Å². The van der Waals surface area contributed by atoms with Crippen molar-refractivity contribution in [1.29, 1.82) is 0 Å². The van der Waals surface area contributed by atoms with Crippen molar-refractivity contribution in [2.45, 2.75) is 33.7 Å². The third-order valence-electron chi connectivity index (χ3n) is 5.99. The van der Waals surface area contributed by atoms with Crippen LogP contribution in [0.2, 0.25) is 0 Å². The normalized spacial score (nSPS) is 14.0. The number of anilines is 2. The van der Waals surface area contributed by atoms with Crippen LogP contribution >= 0.6 is 0 Å². The van der Waals surface area contributed by atoms with Crippen molar-refractivity contribution < 1.29 is 13.2 Å². The number of para-hydroxylation sites is 1. The van der Waals surface area contributed by atoms with E-state index >= 15 is 0 Å². The lowest BCUT2D eigenvalue weighted by Crippen LogP contribution is -2.37. The molecule has 1 aromatic heterocycles. The van der Waals surface area contributed by atoms with E-state index in [2.05, 4.69) is 15.7 Å². The SMILES string of the molecule is CCS(=O)(=O)N1CCc2c(cccc2NCC(=O)Nc2c(C)nn(-c3ccccc3)c2C)C1. The molecule has 174 valence electrons. The zero-order valence-corrected chi connectivity index (χ0v) is 19.9. The number of rotatable bonds is 7. The molecule has 2 heterocycles. The van der Waals surface area contributed by atoms with E-state index < -0.39 is 10.0 Å². The van der Waals surface area contributed by atoms with Crippen LogP contribution < -0.4 is 10.6 Å². The molecular formula is C24H29N5O3S. The fraction of sp³-hybridized carbons (Fsp3) is 0.333. The van der Waals surface area contributed by atoms with E-state index in [1.54, 1.807) is 6.92 Å². The van der Waals surface area contributed by atoms with E-state index in [1.807, 2.05) is 67.1 Å². The first kappa shape index (κ1) is 23.0. The third-order valence-corrected chi connectivity index (χ3v) is 7.81. The number of nitrogens with zero attached hydrogens (tertiary/aromatic N) is 3. The van der Waals surface area contributed by atoms with Gasteiger partial charge in [-0.15, -0.1) is 0 Å². The summed E-state index contributed by atoms with van der Waals surface area (Å²) >= 11 is 0. The van der Waals surface area contributed by atoms with Gasteiger partial charge in [-0.1, -0.05) is 30.3 Å². The van der Waals surface area contributed by atoms with Crippen LogP contribution in [0.5, 0.6) is 0 Å². The van der Waals surface area contributed by atoms with Crippen molar-refractivity contribution in [1.82, 2.24) is 14.1 Å². The van der Waals surface area contributed by atoms with Crippen molar-refractivity contribution in [2.75, 3.05) is 29.5 Å². The Morgan fingerprint density at radius 3 is 2.58 bits per heavy atom. The van der Waals surface area contributed by atoms with Gasteiger partial charge < -0.3 is 10.6 Å². The highest BCUT2D eigenvalue weighted by Gasteiger charge is 2.26. The smallest absolute Gasteiger partial charge is 0.243 e. The Hall–Kier alpha value is -3.17. The molecule has 1 aliphatic heterocycles. The second-order valence-electron chi connectivity index (χ2n) is 8.12. The monoisotopic (exact) mass is 467 g/mol. The molecule has 33 heavy (non-hydrogen) atoms. The summed E-state index contributed by atoms with van der Waals surface area (Å²) in [5.74, 6) is -0.0717. The Balaban J connectivity index is 1.44. The predicted molar refractivity (Wildman–Crippen MR) is 130 cm³/mol. The van der Waals surface area contributed by atoms with Gasteiger partial charge in [-0.2, -0.15) is 9.40 Å². The van der Waals surface area contributed by atoms with Gasteiger partial charge in [0.05, 0.1) is 35.1 Å². The van der Waals surface area contributed by atoms with E-state index in [4.69, 9.17) is 0 Å². The largest absolute Gasteiger partial charge is 0.376 e. The predicted octanol–water partition coefficient (Wildman–Crippen LogP) is 3.25. The molecule has 0 atom stereocenters. The quantitative estimate of drug-likeness (QED) is 0.556. The minimum atomic E-state index is -3.22.